The zero-order chi connectivity index (χ0) is 19.3. The fraction of sp³-hybridized carbons (Fsp3) is 0.556. The molecule has 1 saturated heterocycles. The molecule has 0 saturated carbocycles. The number of likely N-dealkylation sites (N-methyl/N-ethyl adjacent to an activating group) is 1. The molecule has 0 aliphatic carbocycles. The molecule has 0 N–H and O–H groups in total. The SMILES string of the molecule is COCCN(C)C(=O)[C@@H]1CCC(=O)N(Cc2cccc(C(F)(F)F)c2)C1. The van der Waals surface area contributed by atoms with Crippen LogP contribution in [0.2, 0.25) is 0 Å². The number of hydrogen-bond acceptors (Lipinski definition) is 3. The molecule has 1 aliphatic rings. The normalized spacial score (nSPS) is 18.1. The van der Waals surface area contributed by atoms with Gasteiger partial charge in [-0.05, 0) is 24.1 Å². The molecule has 8 heteroatoms. The molecule has 0 unspecified atom stereocenters. The Balaban J connectivity index is 2.05. The van der Waals surface area contributed by atoms with Gasteiger partial charge in [-0.3, -0.25) is 9.59 Å². The quantitative estimate of drug-likeness (QED) is 0.771. The molecule has 1 aromatic rings. The van der Waals surface area contributed by atoms with E-state index < -0.39 is 11.7 Å². The lowest BCUT2D eigenvalue weighted by atomic mass is 9.95. The lowest BCUT2D eigenvalue weighted by molar-refractivity contribution is -0.143. The summed E-state index contributed by atoms with van der Waals surface area (Å²) in [5.74, 6) is -0.574. The number of likely N-dealkylation sites (tertiary alicyclic amines) is 1. The van der Waals surface area contributed by atoms with Gasteiger partial charge in [-0.2, -0.15) is 13.2 Å². The van der Waals surface area contributed by atoms with Gasteiger partial charge in [0.15, 0.2) is 0 Å². The second-order valence-corrected chi connectivity index (χ2v) is 6.46. The molecule has 0 spiro atoms. The molecule has 2 rings (SSSR count). The van der Waals surface area contributed by atoms with Crippen LogP contribution in [0, 0.1) is 5.92 Å². The van der Waals surface area contributed by atoms with Gasteiger partial charge in [0, 0.05) is 40.2 Å². The van der Waals surface area contributed by atoms with Gasteiger partial charge in [0.2, 0.25) is 11.8 Å². The van der Waals surface area contributed by atoms with Crippen LogP contribution in [0.5, 0.6) is 0 Å². The predicted octanol–water partition coefficient (Wildman–Crippen LogP) is 2.55. The number of carbonyl (C=O) groups excluding carboxylic acids is 2. The van der Waals surface area contributed by atoms with Gasteiger partial charge in [-0.1, -0.05) is 12.1 Å². The number of rotatable bonds is 6. The number of carbonyl (C=O) groups is 2. The number of nitrogens with zero attached hydrogens (tertiary/aromatic N) is 2. The molecule has 1 atom stereocenters. The Hall–Kier alpha value is -2.09. The summed E-state index contributed by atoms with van der Waals surface area (Å²) in [4.78, 5) is 27.7. The first kappa shape index (κ1) is 20.2. The van der Waals surface area contributed by atoms with Crippen LogP contribution in [0.25, 0.3) is 0 Å². The molecular formula is C18H23F3N2O3. The van der Waals surface area contributed by atoms with E-state index in [-0.39, 0.29) is 37.2 Å². The van der Waals surface area contributed by atoms with Gasteiger partial charge in [-0.15, -0.1) is 0 Å². The first-order chi connectivity index (χ1) is 12.2. The van der Waals surface area contributed by atoms with E-state index in [1.54, 1.807) is 25.1 Å². The van der Waals surface area contributed by atoms with Crippen molar-refractivity contribution in [2.24, 2.45) is 5.92 Å². The molecule has 1 aromatic carbocycles. The molecule has 0 bridgehead atoms. The number of amides is 2. The van der Waals surface area contributed by atoms with Gasteiger partial charge in [0.1, 0.15) is 0 Å². The van der Waals surface area contributed by atoms with E-state index in [0.29, 0.717) is 25.1 Å². The van der Waals surface area contributed by atoms with Gasteiger partial charge < -0.3 is 14.5 Å². The number of benzene rings is 1. The number of alkyl halides is 3. The van der Waals surface area contributed by atoms with Gasteiger partial charge >= 0.3 is 6.18 Å². The summed E-state index contributed by atoms with van der Waals surface area (Å²) in [6.07, 6.45) is -3.76. The molecule has 5 nitrogen and oxygen atoms in total. The van der Waals surface area contributed by atoms with Crippen LogP contribution in [0.1, 0.15) is 24.0 Å². The summed E-state index contributed by atoms with van der Waals surface area (Å²) in [6.45, 7) is 1.15. The van der Waals surface area contributed by atoms with Crippen LogP contribution >= 0.6 is 0 Å². The van der Waals surface area contributed by atoms with Crippen LogP contribution in [-0.4, -0.2) is 55.5 Å². The number of methoxy groups -OCH3 is 1. The number of piperidine rings is 1. The molecule has 0 radical (unpaired) electrons. The van der Waals surface area contributed by atoms with Crippen LogP contribution in [-0.2, 0) is 27.0 Å². The van der Waals surface area contributed by atoms with Crippen molar-refractivity contribution in [1.82, 2.24) is 9.80 Å². The lowest BCUT2D eigenvalue weighted by Gasteiger charge is -2.34. The van der Waals surface area contributed by atoms with Gasteiger partial charge in [0.05, 0.1) is 18.1 Å². The van der Waals surface area contributed by atoms with Crippen LogP contribution in [0.3, 0.4) is 0 Å². The van der Waals surface area contributed by atoms with Crippen molar-refractivity contribution in [1.29, 1.82) is 0 Å². The Labute approximate surface area is 150 Å². The van der Waals surface area contributed by atoms with E-state index in [1.165, 1.54) is 11.0 Å². The van der Waals surface area contributed by atoms with E-state index in [1.807, 2.05) is 0 Å². The summed E-state index contributed by atoms with van der Waals surface area (Å²) in [5.41, 5.74) is -0.347. The third kappa shape index (κ3) is 5.20. The Bertz CT molecular complexity index is 649. The maximum Gasteiger partial charge on any atom is 0.416 e. The minimum Gasteiger partial charge on any atom is -0.383 e. The average molecular weight is 372 g/mol. The Morgan fingerprint density at radius 3 is 2.77 bits per heavy atom. The smallest absolute Gasteiger partial charge is 0.383 e. The summed E-state index contributed by atoms with van der Waals surface area (Å²) in [7, 11) is 3.23. The molecule has 1 heterocycles. The maximum atomic E-state index is 12.8. The minimum absolute atomic E-state index is 0.0638. The van der Waals surface area contributed by atoms with Crippen molar-refractivity contribution in [3.63, 3.8) is 0 Å². The van der Waals surface area contributed by atoms with Gasteiger partial charge in [0.25, 0.3) is 0 Å². The predicted molar refractivity (Wildman–Crippen MR) is 89.1 cm³/mol. The lowest BCUT2D eigenvalue weighted by Crippen LogP contribution is -2.46. The second kappa shape index (κ2) is 8.53. The molecule has 1 aliphatic heterocycles. The van der Waals surface area contributed by atoms with E-state index in [2.05, 4.69) is 0 Å². The third-order valence-corrected chi connectivity index (χ3v) is 4.48. The highest BCUT2D eigenvalue weighted by Crippen LogP contribution is 2.30. The molecule has 1 fully saturated rings. The summed E-state index contributed by atoms with van der Waals surface area (Å²) >= 11 is 0. The van der Waals surface area contributed by atoms with E-state index in [9.17, 15) is 22.8 Å². The zero-order valence-electron chi connectivity index (χ0n) is 14.9. The average Bonchev–Trinajstić information content (AvgIpc) is 2.60. The zero-order valence-corrected chi connectivity index (χ0v) is 14.9. The van der Waals surface area contributed by atoms with Crippen molar-refractivity contribution < 1.29 is 27.5 Å². The van der Waals surface area contributed by atoms with E-state index in [4.69, 9.17) is 4.74 Å². The van der Waals surface area contributed by atoms with Crippen molar-refractivity contribution in [3.05, 3.63) is 35.4 Å². The fourth-order valence-corrected chi connectivity index (χ4v) is 2.99. The fourth-order valence-electron chi connectivity index (χ4n) is 2.99. The first-order valence-corrected chi connectivity index (χ1v) is 8.40. The first-order valence-electron chi connectivity index (χ1n) is 8.40. The Morgan fingerprint density at radius 2 is 2.12 bits per heavy atom. The van der Waals surface area contributed by atoms with Crippen molar-refractivity contribution >= 4 is 11.8 Å². The number of halogens is 3. The molecule has 26 heavy (non-hydrogen) atoms. The van der Waals surface area contributed by atoms with Crippen molar-refractivity contribution in [2.45, 2.75) is 25.6 Å². The largest absolute Gasteiger partial charge is 0.416 e. The number of hydrogen-bond donors (Lipinski definition) is 0. The maximum absolute atomic E-state index is 12.8. The second-order valence-electron chi connectivity index (χ2n) is 6.46. The summed E-state index contributed by atoms with van der Waals surface area (Å²) in [6, 6.07) is 4.93. The van der Waals surface area contributed by atoms with Crippen LogP contribution in [0.4, 0.5) is 13.2 Å². The highest BCUT2D eigenvalue weighted by atomic mass is 19.4. The summed E-state index contributed by atoms with van der Waals surface area (Å²) < 4.78 is 43.5. The number of ether oxygens (including phenoxy) is 1. The monoisotopic (exact) mass is 372 g/mol. The molecule has 2 amide bonds. The highest BCUT2D eigenvalue weighted by molar-refractivity contribution is 5.83. The molecular weight excluding hydrogens is 349 g/mol. The molecule has 0 aromatic heterocycles. The third-order valence-electron chi connectivity index (χ3n) is 4.48. The summed E-state index contributed by atoms with van der Waals surface area (Å²) in [5, 5.41) is 0. The van der Waals surface area contributed by atoms with Crippen LogP contribution in [0.15, 0.2) is 24.3 Å². The Kier molecular flexibility index (Phi) is 6.63. The van der Waals surface area contributed by atoms with Crippen molar-refractivity contribution in [2.75, 3.05) is 33.9 Å². The Morgan fingerprint density at radius 1 is 1.38 bits per heavy atom. The van der Waals surface area contributed by atoms with Gasteiger partial charge in [-0.25, -0.2) is 0 Å². The van der Waals surface area contributed by atoms with Crippen LogP contribution < -0.4 is 0 Å². The minimum atomic E-state index is -4.43. The van der Waals surface area contributed by atoms with E-state index >= 15 is 0 Å². The standard InChI is InChI=1S/C18H23F3N2O3/c1-22(8-9-26-2)17(25)14-6-7-16(24)23(12-14)11-13-4-3-5-15(10-13)18(19,20)21/h3-5,10,14H,6-9,11-12H2,1-2H3/t14-/m1/s1. The molecule has 144 valence electrons. The highest BCUT2D eigenvalue weighted by Gasteiger charge is 2.33. The van der Waals surface area contributed by atoms with Crippen molar-refractivity contribution in [3.8, 4) is 0 Å². The van der Waals surface area contributed by atoms with E-state index in [0.717, 1.165) is 12.1 Å². The topological polar surface area (TPSA) is 49.9 Å².